The predicted octanol–water partition coefficient (Wildman–Crippen LogP) is 4.60. The van der Waals surface area contributed by atoms with Crippen molar-refractivity contribution in [1.82, 2.24) is 24.4 Å². The van der Waals surface area contributed by atoms with Crippen LogP contribution in [0.25, 0.3) is 11.4 Å². The van der Waals surface area contributed by atoms with Crippen molar-refractivity contribution in [3.05, 3.63) is 60.3 Å². The van der Waals surface area contributed by atoms with Crippen molar-refractivity contribution in [3.63, 3.8) is 0 Å². The molecule has 1 fully saturated rings. The molecule has 3 aromatic heterocycles. The van der Waals surface area contributed by atoms with E-state index in [2.05, 4.69) is 21.9 Å². The Hall–Kier alpha value is -3.43. The maximum Gasteiger partial charge on any atom is 0.417 e. The molecule has 0 saturated carbocycles. The van der Waals surface area contributed by atoms with Crippen LogP contribution in [0, 0.1) is 5.92 Å². The molecular formula is C24H26F3N5O2. The van der Waals surface area contributed by atoms with Gasteiger partial charge in [-0.1, -0.05) is 13.8 Å². The Kier molecular flexibility index (Phi) is 6.58. The molecule has 1 amide bonds. The van der Waals surface area contributed by atoms with Crippen LogP contribution in [0.4, 0.5) is 13.2 Å². The van der Waals surface area contributed by atoms with E-state index in [9.17, 15) is 18.0 Å². The highest BCUT2D eigenvalue weighted by Crippen LogP contribution is 2.33. The number of carbonyl (C=O) groups is 1. The van der Waals surface area contributed by atoms with Gasteiger partial charge in [-0.05, 0) is 37.0 Å². The minimum atomic E-state index is -4.46. The number of hydrogen-bond acceptors (Lipinski definition) is 5. The van der Waals surface area contributed by atoms with E-state index < -0.39 is 17.8 Å². The molecule has 10 heteroatoms. The number of imidazole rings is 1. The Morgan fingerprint density at radius 1 is 1.21 bits per heavy atom. The number of ether oxygens (including phenoxy) is 1. The number of aryl methyl sites for hydroxylation is 1. The number of carbonyl (C=O) groups excluding carboxylic acids is 1. The predicted molar refractivity (Wildman–Crippen MR) is 119 cm³/mol. The quantitative estimate of drug-likeness (QED) is 0.523. The maximum atomic E-state index is 13.7. The van der Waals surface area contributed by atoms with E-state index in [1.807, 2.05) is 24.6 Å². The highest BCUT2D eigenvalue weighted by atomic mass is 19.4. The minimum Gasteiger partial charge on any atom is -0.472 e. The summed E-state index contributed by atoms with van der Waals surface area (Å²) >= 11 is 0. The van der Waals surface area contributed by atoms with Crippen LogP contribution in [0.5, 0.6) is 5.88 Å². The third-order valence-corrected chi connectivity index (χ3v) is 6.05. The smallest absolute Gasteiger partial charge is 0.417 e. The van der Waals surface area contributed by atoms with Crippen molar-refractivity contribution >= 4 is 5.91 Å². The zero-order chi connectivity index (χ0) is 24.5. The van der Waals surface area contributed by atoms with Crippen molar-refractivity contribution in [2.75, 3.05) is 6.54 Å². The van der Waals surface area contributed by atoms with Crippen molar-refractivity contribution in [1.29, 1.82) is 0 Å². The van der Waals surface area contributed by atoms with E-state index in [1.54, 1.807) is 29.6 Å². The summed E-state index contributed by atoms with van der Waals surface area (Å²) in [4.78, 5) is 28.0. The van der Waals surface area contributed by atoms with Crippen molar-refractivity contribution < 1.29 is 22.7 Å². The fraction of sp³-hybridized carbons (Fsp3) is 0.417. The Morgan fingerprint density at radius 2 is 2.00 bits per heavy atom. The van der Waals surface area contributed by atoms with Crippen LogP contribution in [-0.2, 0) is 13.2 Å². The number of halogens is 3. The number of alkyl halides is 3. The number of likely N-dealkylation sites (tertiary alicyclic amines) is 1. The Balaban J connectivity index is 1.59. The van der Waals surface area contributed by atoms with Gasteiger partial charge in [0, 0.05) is 50.0 Å². The molecule has 7 nitrogen and oxygen atoms in total. The number of aromatic nitrogens is 4. The molecule has 180 valence electrons. The summed E-state index contributed by atoms with van der Waals surface area (Å²) < 4.78 is 46.4. The number of pyridine rings is 2. The van der Waals surface area contributed by atoms with Gasteiger partial charge >= 0.3 is 6.18 Å². The summed E-state index contributed by atoms with van der Waals surface area (Å²) in [6, 6.07) is 5.47. The first-order chi connectivity index (χ1) is 16.2. The summed E-state index contributed by atoms with van der Waals surface area (Å²) in [5.74, 6) is 0.735. The van der Waals surface area contributed by atoms with Crippen LogP contribution >= 0.6 is 0 Å². The summed E-state index contributed by atoms with van der Waals surface area (Å²) in [5.41, 5.74) is 0.103. The number of nitrogens with zero attached hydrogens (tertiary/aromatic N) is 5. The number of rotatable bonds is 6. The zero-order valence-electron chi connectivity index (χ0n) is 19.2. The van der Waals surface area contributed by atoms with Crippen LogP contribution in [0.2, 0.25) is 0 Å². The molecule has 1 aliphatic rings. The number of hydrogen-bond donors (Lipinski definition) is 0. The Labute approximate surface area is 195 Å². The second-order valence-electron chi connectivity index (χ2n) is 8.57. The lowest BCUT2D eigenvalue weighted by molar-refractivity contribution is -0.137. The van der Waals surface area contributed by atoms with Crippen LogP contribution in [-0.4, -0.2) is 49.0 Å². The average molecular weight is 473 g/mol. The lowest BCUT2D eigenvalue weighted by Crippen LogP contribution is -2.45. The Morgan fingerprint density at radius 3 is 2.62 bits per heavy atom. The van der Waals surface area contributed by atoms with Gasteiger partial charge in [0.25, 0.3) is 5.91 Å². The standard InChI is InChI=1S/C24H26F3N5O2/c1-4-19(34-20-8-7-16(13-30-20)24(25,26)27)18-12-15(2)14-32(18)23(33)21-17(6-5-9-28-21)22-29-10-11-31(22)3/h5-11,13,15,18-19H,4,12,14H2,1-3H3. The van der Waals surface area contributed by atoms with Gasteiger partial charge < -0.3 is 14.2 Å². The van der Waals surface area contributed by atoms with E-state index in [-0.39, 0.29) is 23.7 Å². The van der Waals surface area contributed by atoms with Gasteiger partial charge in [0.05, 0.1) is 11.6 Å². The molecule has 0 aromatic carbocycles. The molecular weight excluding hydrogens is 447 g/mol. The molecule has 4 rings (SSSR count). The van der Waals surface area contributed by atoms with Gasteiger partial charge in [0.2, 0.25) is 5.88 Å². The van der Waals surface area contributed by atoms with Gasteiger partial charge in [-0.2, -0.15) is 13.2 Å². The van der Waals surface area contributed by atoms with E-state index >= 15 is 0 Å². The molecule has 1 aliphatic heterocycles. The first kappa shape index (κ1) is 23.7. The van der Waals surface area contributed by atoms with Gasteiger partial charge in [-0.3, -0.25) is 9.78 Å². The van der Waals surface area contributed by atoms with E-state index in [0.717, 1.165) is 12.3 Å². The first-order valence-corrected chi connectivity index (χ1v) is 11.1. The molecule has 34 heavy (non-hydrogen) atoms. The molecule has 3 atom stereocenters. The molecule has 1 saturated heterocycles. The molecule has 0 spiro atoms. The Bertz CT molecular complexity index is 1150. The van der Waals surface area contributed by atoms with Gasteiger partial charge in [0.15, 0.2) is 0 Å². The van der Waals surface area contributed by atoms with Crippen LogP contribution in [0.3, 0.4) is 0 Å². The van der Waals surface area contributed by atoms with Gasteiger partial charge in [-0.25, -0.2) is 9.97 Å². The van der Waals surface area contributed by atoms with Crippen LogP contribution in [0.15, 0.2) is 49.1 Å². The first-order valence-electron chi connectivity index (χ1n) is 11.1. The molecule has 0 N–H and O–H groups in total. The van der Waals surface area contributed by atoms with E-state index in [4.69, 9.17) is 4.74 Å². The van der Waals surface area contributed by atoms with E-state index in [1.165, 1.54) is 6.07 Å². The molecule has 3 aromatic rings. The van der Waals surface area contributed by atoms with Crippen LogP contribution < -0.4 is 4.74 Å². The normalized spacial score (nSPS) is 19.3. The highest BCUT2D eigenvalue weighted by Gasteiger charge is 2.40. The van der Waals surface area contributed by atoms with E-state index in [0.29, 0.717) is 36.5 Å². The van der Waals surface area contributed by atoms with Crippen molar-refractivity contribution in [3.8, 4) is 17.3 Å². The summed E-state index contributed by atoms with van der Waals surface area (Å²) in [6.07, 6.45) is 2.16. The fourth-order valence-electron chi connectivity index (χ4n) is 4.40. The summed E-state index contributed by atoms with van der Waals surface area (Å²) in [6.45, 7) is 4.50. The second-order valence-corrected chi connectivity index (χ2v) is 8.57. The fourth-order valence-corrected chi connectivity index (χ4v) is 4.40. The number of amides is 1. The monoisotopic (exact) mass is 473 g/mol. The summed E-state index contributed by atoms with van der Waals surface area (Å²) in [5, 5.41) is 0. The molecule has 0 aliphatic carbocycles. The highest BCUT2D eigenvalue weighted by molar-refractivity contribution is 5.98. The molecule has 0 bridgehead atoms. The van der Waals surface area contributed by atoms with Gasteiger partial charge in [0.1, 0.15) is 17.6 Å². The third kappa shape index (κ3) is 4.76. The minimum absolute atomic E-state index is 0.0957. The molecule has 3 unspecified atom stereocenters. The maximum absolute atomic E-state index is 13.7. The lowest BCUT2D eigenvalue weighted by Gasteiger charge is -2.31. The topological polar surface area (TPSA) is 73.1 Å². The second kappa shape index (κ2) is 9.44. The zero-order valence-corrected chi connectivity index (χ0v) is 19.2. The lowest BCUT2D eigenvalue weighted by atomic mass is 10.0. The SMILES string of the molecule is CCC(Oc1ccc(C(F)(F)F)cn1)C1CC(C)CN1C(=O)c1ncccc1-c1nccn1C. The molecule has 0 radical (unpaired) electrons. The van der Waals surface area contributed by atoms with Gasteiger partial charge in [-0.15, -0.1) is 0 Å². The van der Waals surface area contributed by atoms with Crippen molar-refractivity contribution in [2.45, 2.75) is 45.0 Å². The third-order valence-electron chi connectivity index (χ3n) is 6.05. The largest absolute Gasteiger partial charge is 0.472 e. The summed E-state index contributed by atoms with van der Waals surface area (Å²) in [7, 11) is 1.85. The molecule has 4 heterocycles. The average Bonchev–Trinajstić information content (AvgIpc) is 3.42. The van der Waals surface area contributed by atoms with Crippen LogP contribution in [0.1, 0.15) is 42.7 Å². The van der Waals surface area contributed by atoms with Crippen molar-refractivity contribution in [2.24, 2.45) is 13.0 Å².